The Bertz CT molecular complexity index is 3830. The molecule has 490 valence electrons. The van der Waals surface area contributed by atoms with E-state index in [2.05, 4.69) is 47.8 Å². The van der Waals surface area contributed by atoms with Gasteiger partial charge in [0.1, 0.15) is 29.1 Å². The molecule has 0 radical (unpaired) electrons. The van der Waals surface area contributed by atoms with Gasteiger partial charge in [0.15, 0.2) is 0 Å². The summed E-state index contributed by atoms with van der Waals surface area (Å²) >= 11 is 0. The molecule has 20 heteroatoms. The number of hydrogen-bond donors (Lipinski definition) is 5. The number of aliphatic hydroxyl groups is 5. The van der Waals surface area contributed by atoms with Gasteiger partial charge in [0, 0.05) is 57.4 Å². The van der Waals surface area contributed by atoms with Crippen molar-refractivity contribution in [2.24, 2.45) is 29.6 Å². The predicted octanol–water partition coefficient (Wildman–Crippen LogP) is 13.8. The average molecular weight is 1290 g/mol. The lowest BCUT2D eigenvalue weighted by atomic mass is 9.90. The van der Waals surface area contributed by atoms with Crippen molar-refractivity contribution in [2.45, 2.75) is 157 Å². The van der Waals surface area contributed by atoms with E-state index in [1.807, 2.05) is 30.3 Å². The number of nitrogens with zero attached hydrogens (tertiary/aromatic N) is 10. The fraction of sp³-hybridized carbons (Fsp3) is 0.400. The molecule has 0 saturated heterocycles. The molecule has 0 spiro atoms. The minimum absolute atomic E-state index is 0.102. The van der Waals surface area contributed by atoms with Gasteiger partial charge in [-0.3, -0.25) is 0 Å². The van der Waals surface area contributed by atoms with Crippen LogP contribution >= 0.6 is 0 Å². The zero-order valence-corrected chi connectivity index (χ0v) is 52.3. The first-order valence-electron chi connectivity index (χ1n) is 33.8. The molecule has 5 fully saturated rings. The molecule has 10 heterocycles. The van der Waals surface area contributed by atoms with E-state index in [1.54, 1.807) is 93.0 Å². The minimum atomic E-state index is -0.267. The molecule has 5 aromatic heterocycles. The van der Waals surface area contributed by atoms with Crippen molar-refractivity contribution in [3.8, 4) is 56.3 Å². The van der Waals surface area contributed by atoms with E-state index in [0.29, 0.717) is 0 Å². The summed E-state index contributed by atoms with van der Waals surface area (Å²) in [6, 6.07) is 25.2. The van der Waals surface area contributed by atoms with Gasteiger partial charge >= 0.3 is 0 Å². The first kappa shape index (κ1) is 61.5. The van der Waals surface area contributed by atoms with Gasteiger partial charge in [-0.15, -0.1) is 0 Å². The Morgan fingerprint density at radius 1 is 0.263 bits per heavy atom. The Hall–Kier alpha value is -8.40. The number of rotatable bonds is 5. The van der Waals surface area contributed by atoms with Crippen LogP contribution in [0.1, 0.15) is 154 Å². The number of imidazole rings is 5. The third-order valence-corrected chi connectivity index (χ3v) is 22.6. The van der Waals surface area contributed by atoms with E-state index >= 15 is 0 Å². The summed E-state index contributed by atoms with van der Waals surface area (Å²) in [5, 5.41) is 50.9. The molecule has 3 unspecified atom stereocenters. The SMILES string of the molecule is OC1CCCC1C1c2ccc(F)cc2-c2cncn21.O[C@@H]1CCC[C@H]1[C@@H]1c2ccc(F)cc2-c2cncn21.O[C@@H]1CCC[C@H]1[C@H]1c2ccc(F)cc2-c2cncn21.O[C@H]1CCC[C@@H]1[C@@H]1c2ccc(F)cc2-c2cncn21.O[C@H]1CCC[C@@H]1[C@H]1c2ccc(F)cc2-c2cncn21. The van der Waals surface area contributed by atoms with Crippen LogP contribution in [0.3, 0.4) is 0 Å². The van der Waals surface area contributed by atoms with Crippen LogP contribution in [0.25, 0.3) is 56.3 Å². The van der Waals surface area contributed by atoms with Crippen molar-refractivity contribution in [2.75, 3.05) is 0 Å². The van der Waals surface area contributed by atoms with E-state index in [9.17, 15) is 47.5 Å². The summed E-state index contributed by atoms with van der Waals surface area (Å²) < 4.78 is 77.8. The number of aliphatic hydroxyl groups excluding tert-OH is 5. The molecule has 5 N–H and O–H groups in total. The highest BCUT2D eigenvalue weighted by Gasteiger charge is 2.45. The molecular weight excluding hydrogens is 1220 g/mol. The molecule has 20 rings (SSSR count). The van der Waals surface area contributed by atoms with Crippen molar-refractivity contribution in [3.63, 3.8) is 0 Å². The van der Waals surface area contributed by atoms with Crippen molar-refractivity contribution < 1.29 is 47.5 Å². The molecule has 15 nitrogen and oxygen atoms in total. The predicted molar refractivity (Wildman–Crippen MR) is 346 cm³/mol. The number of aromatic nitrogens is 10. The second-order valence-electron chi connectivity index (χ2n) is 27.6. The third-order valence-electron chi connectivity index (χ3n) is 22.6. The van der Waals surface area contributed by atoms with Crippen LogP contribution in [0.4, 0.5) is 22.0 Å². The van der Waals surface area contributed by atoms with Gasteiger partial charge in [-0.05, 0) is 153 Å². The largest absolute Gasteiger partial charge is 0.393 e. The maximum absolute atomic E-state index is 13.5. The van der Waals surface area contributed by atoms with E-state index in [0.717, 1.165) is 180 Å². The van der Waals surface area contributed by atoms with E-state index in [4.69, 9.17) is 0 Å². The Balaban J connectivity index is 0.0000000937. The monoisotopic (exact) mass is 1290 g/mol. The van der Waals surface area contributed by atoms with Gasteiger partial charge in [0.05, 0.1) is 152 Å². The number of halogens is 5. The van der Waals surface area contributed by atoms with Gasteiger partial charge < -0.3 is 48.4 Å². The lowest BCUT2D eigenvalue weighted by molar-refractivity contribution is 0.112. The highest BCUT2D eigenvalue weighted by Crippen LogP contribution is 2.53. The zero-order chi connectivity index (χ0) is 64.9. The molecule has 5 saturated carbocycles. The maximum Gasteiger partial charge on any atom is 0.123 e. The van der Waals surface area contributed by atoms with Crippen LogP contribution in [0.15, 0.2) is 154 Å². The molecule has 10 aliphatic rings. The lowest BCUT2D eigenvalue weighted by Gasteiger charge is -2.24. The summed E-state index contributed by atoms with van der Waals surface area (Å²) in [7, 11) is 0. The molecule has 10 aromatic rings. The molecule has 5 aliphatic heterocycles. The Morgan fingerprint density at radius 2 is 0.442 bits per heavy atom. The summed E-state index contributed by atoms with van der Waals surface area (Å²) in [5.74, 6) is -0.0751. The van der Waals surface area contributed by atoms with Crippen LogP contribution in [0.2, 0.25) is 0 Å². The van der Waals surface area contributed by atoms with Crippen LogP contribution < -0.4 is 0 Å². The second kappa shape index (κ2) is 25.0. The van der Waals surface area contributed by atoms with E-state index in [-0.39, 0.29) is 119 Å². The first-order chi connectivity index (χ1) is 46.3. The molecule has 0 bridgehead atoms. The first-order valence-corrected chi connectivity index (χ1v) is 33.8. The molecule has 0 amide bonds. The van der Waals surface area contributed by atoms with E-state index in [1.165, 1.54) is 30.3 Å². The van der Waals surface area contributed by atoms with Gasteiger partial charge in [0.25, 0.3) is 0 Å². The molecule has 5 aliphatic carbocycles. The Morgan fingerprint density at radius 3 is 0.600 bits per heavy atom. The molecule has 15 atom stereocenters. The van der Waals surface area contributed by atoms with Gasteiger partial charge in [-0.2, -0.15) is 0 Å². The van der Waals surface area contributed by atoms with Gasteiger partial charge in [0.2, 0.25) is 0 Å². The maximum atomic E-state index is 13.5. The third kappa shape index (κ3) is 10.7. The van der Waals surface area contributed by atoms with Crippen LogP contribution in [0, 0.1) is 58.7 Å². The molecule has 95 heavy (non-hydrogen) atoms. The van der Waals surface area contributed by atoms with Crippen molar-refractivity contribution >= 4 is 0 Å². The smallest absolute Gasteiger partial charge is 0.123 e. The fourth-order valence-electron chi connectivity index (χ4n) is 18.3. The Kier molecular flexibility index (Phi) is 16.2. The standard InChI is InChI=1S/5C15H15FN2O/c5*16-9-4-5-10-12(6-9)13-7-17-8-18(13)15(10)11-2-1-3-14(11)19/h5*4-8,11,14-15,19H,1-3H2/t2*11-,14-,15+;2*11-,14-,15-;/m1010./s1. The quantitative estimate of drug-likeness (QED) is 0.104. The van der Waals surface area contributed by atoms with E-state index < -0.39 is 0 Å². The van der Waals surface area contributed by atoms with Crippen molar-refractivity contribution in [1.82, 2.24) is 47.8 Å². The van der Waals surface area contributed by atoms with Crippen LogP contribution in [-0.2, 0) is 0 Å². The van der Waals surface area contributed by atoms with Gasteiger partial charge in [-0.25, -0.2) is 46.9 Å². The fourth-order valence-corrected chi connectivity index (χ4v) is 18.3. The molecular formula is C75H75F5N10O5. The second-order valence-corrected chi connectivity index (χ2v) is 27.6. The number of benzene rings is 5. The van der Waals surface area contributed by atoms with Crippen molar-refractivity contribution in [3.05, 3.63) is 211 Å². The Labute approximate surface area is 546 Å². The lowest BCUT2D eigenvalue weighted by Crippen LogP contribution is -2.24. The zero-order valence-electron chi connectivity index (χ0n) is 52.3. The summed E-state index contributed by atoms with van der Waals surface area (Å²) in [5.41, 5.74) is 15.0. The minimum Gasteiger partial charge on any atom is -0.393 e. The van der Waals surface area contributed by atoms with Gasteiger partial charge in [-0.1, -0.05) is 62.4 Å². The van der Waals surface area contributed by atoms with Crippen LogP contribution in [0.5, 0.6) is 0 Å². The number of hydrogen-bond acceptors (Lipinski definition) is 10. The topological polar surface area (TPSA) is 190 Å². The summed E-state index contributed by atoms with van der Waals surface area (Å²) in [6.45, 7) is 0. The highest BCUT2D eigenvalue weighted by molar-refractivity contribution is 5.73. The summed E-state index contributed by atoms with van der Waals surface area (Å²) in [4.78, 5) is 20.9. The number of fused-ring (bicyclic) bond motifs is 15. The highest BCUT2D eigenvalue weighted by atomic mass is 19.1. The molecule has 5 aromatic carbocycles. The van der Waals surface area contributed by atoms with Crippen LogP contribution in [-0.4, -0.2) is 104 Å². The van der Waals surface area contributed by atoms with Crippen molar-refractivity contribution in [1.29, 1.82) is 0 Å². The summed E-state index contributed by atoms with van der Waals surface area (Å²) in [6.07, 6.45) is 31.2. The normalized spacial score (nSPS) is 28.4. The average Bonchev–Trinajstić information content (AvgIpc) is 1.64.